The fourth-order valence-corrected chi connectivity index (χ4v) is 2.78. The second kappa shape index (κ2) is 5.00. The van der Waals surface area contributed by atoms with Crippen molar-refractivity contribution < 1.29 is 4.74 Å². The maximum Gasteiger partial charge on any atom is 0.130 e. The number of rotatable bonds is 2. The Balaban J connectivity index is 1.77. The molecule has 0 aliphatic carbocycles. The van der Waals surface area contributed by atoms with Gasteiger partial charge >= 0.3 is 0 Å². The van der Waals surface area contributed by atoms with Gasteiger partial charge in [0.1, 0.15) is 5.82 Å². The minimum Gasteiger partial charge on any atom is -0.378 e. The molecule has 0 unspecified atom stereocenters. The maximum atomic E-state index is 5.41. The van der Waals surface area contributed by atoms with Crippen LogP contribution in [0.15, 0.2) is 12.3 Å². The maximum absolute atomic E-state index is 5.41. The number of ether oxygens (including phenoxy) is 1. The van der Waals surface area contributed by atoms with Crippen molar-refractivity contribution in [1.29, 1.82) is 0 Å². The fourth-order valence-electron chi connectivity index (χ4n) is 2.78. The average Bonchev–Trinajstić information content (AvgIpc) is 2.90. The lowest BCUT2D eigenvalue weighted by atomic mass is 10.1. The molecule has 2 saturated heterocycles. The summed E-state index contributed by atoms with van der Waals surface area (Å²) in [4.78, 5) is 8.33. The number of nitrogens with zero attached hydrogens (tertiary/aromatic N) is 2. The van der Waals surface area contributed by atoms with Crippen molar-refractivity contribution in [1.82, 2.24) is 4.98 Å². The number of hydrogen-bond acceptors (Lipinski definition) is 3. The first kappa shape index (κ1) is 11.0. The number of hydrogen-bond donors (Lipinski definition) is 1. The number of aromatic nitrogens is 1. The van der Waals surface area contributed by atoms with Gasteiger partial charge in [0.25, 0.3) is 0 Å². The van der Waals surface area contributed by atoms with Crippen LogP contribution in [0.25, 0.3) is 0 Å². The van der Waals surface area contributed by atoms with Gasteiger partial charge in [0.2, 0.25) is 0 Å². The topological polar surface area (TPSA) is 31.5 Å². The highest BCUT2D eigenvalue weighted by molar-refractivity contribution is 5.68. The quantitative estimate of drug-likeness (QED) is 0.848. The second-order valence-electron chi connectivity index (χ2n) is 4.86. The largest absolute Gasteiger partial charge is 0.378 e. The monoisotopic (exact) mass is 235 g/mol. The molecule has 0 saturated carbocycles. The number of piperidine rings is 1. The van der Waals surface area contributed by atoms with E-state index >= 15 is 0 Å². The van der Waals surface area contributed by atoms with Gasteiger partial charge in [0.15, 0.2) is 0 Å². The van der Waals surface area contributed by atoms with Crippen molar-refractivity contribution in [3.63, 3.8) is 0 Å². The van der Waals surface area contributed by atoms with Crippen LogP contribution in [0.2, 0.25) is 0 Å². The molecule has 1 aromatic rings. The van der Waals surface area contributed by atoms with Crippen LogP contribution in [-0.4, -0.2) is 44.4 Å². The Morgan fingerprint density at radius 3 is 2.47 bits per heavy atom. The Morgan fingerprint density at radius 2 is 1.71 bits per heavy atom. The normalized spacial score (nSPS) is 21.9. The van der Waals surface area contributed by atoms with Crippen molar-refractivity contribution in [3.05, 3.63) is 12.3 Å². The molecule has 2 aliphatic heterocycles. The molecule has 94 valence electrons. The lowest BCUT2D eigenvalue weighted by Crippen LogP contribution is -2.38. The Kier molecular flexibility index (Phi) is 3.22. The van der Waals surface area contributed by atoms with Crippen molar-refractivity contribution >= 4 is 11.5 Å². The number of aromatic amines is 1. The zero-order valence-corrected chi connectivity index (χ0v) is 10.3. The van der Waals surface area contributed by atoms with Gasteiger partial charge in [-0.05, 0) is 25.3 Å². The predicted octanol–water partition coefficient (Wildman–Crippen LogP) is 1.84. The predicted molar refractivity (Wildman–Crippen MR) is 69.9 cm³/mol. The average molecular weight is 235 g/mol. The van der Waals surface area contributed by atoms with Gasteiger partial charge in [-0.2, -0.15) is 0 Å². The molecule has 0 atom stereocenters. The summed E-state index contributed by atoms with van der Waals surface area (Å²) in [5.74, 6) is 1.29. The Morgan fingerprint density at radius 1 is 0.941 bits per heavy atom. The van der Waals surface area contributed by atoms with E-state index in [1.165, 1.54) is 43.9 Å². The summed E-state index contributed by atoms with van der Waals surface area (Å²) >= 11 is 0. The minimum atomic E-state index is 0.846. The molecule has 0 aromatic carbocycles. The van der Waals surface area contributed by atoms with Gasteiger partial charge in [-0.1, -0.05) is 0 Å². The molecule has 0 radical (unpaired) electrons. The number of morpholine rings is 1. The molecule has 4 heteroatoms. The van der Waals surface area contributed by atoms with Gasteiger partial charge in [0, 0.05) is 32.4 Å². The number of nitrogens with one attached hydrogen (secondary N) is 1. The van der Waals surface area contributed by atoms with Crippen molar-refractivity contribution in [3.8, 4) is 0 Å². The SMILES string of the molecule is c1cc(N2CCCCC2)c(N2CCOCC2)[nH]1. The summed E-state index contributed by atoms with van der Waals surface area (Å²) < 4.78 is 5.41. The Bertz CT molecular complexity index is 319. The van der Waals surface area contributed by atoms with Crippen molar-refractivity contribution in [2.24, 2.45) is 0 Å². The van der Waals surface area contributed by atoms with E-state index in [-0.39, 0.29) is 0 Å². The first-order valence-corrected chi connectivity index (χ1v) is 6.70. The van der Waals surface area contributed by atoms with Gasteiger partial charge in [0.05, 0.1) is 18.9 Å². The zero-order valence-electron chi connectivity index (χ0n) is 10.3. The summed E-state index contributed by atoms with van der Waals surface area (Å²) in [6.07, 6.45) is 6.10. The second-order valence-corrected chi connectivity index (χ2v) is 4.86. The molecule has 17 heavy (non-hydrogen) atoms. The lowest BCUT2D eigenvalue weighted by Gasteiger charge is -2.33. The molecule has 2 fully saturated rings. The van der Waals surface area contributed by atoms with Gasteiger partial charge in [-0.25, -0.2) is 0 Å². The third-order valence-electron chi connectivity index (χ3n) is 3.73. The van der Waals surface area contributed by atoms with Gasteiger partial charge in [-0.3, -0.25) is 0 Å². The third-order valence-corrected chi connectivity index (χ3v) is 3.73. The molecule has 1 N–H and O–H groups in total. The van der Waals surface area contributed by atoms with E-state index in [0.29, 0.717) is 0 Å². The molecule has 3 heterocycles. The standard InChI is InChI=1S/C13H21N3O/c1-2-6-15(7-3-1)12-4-5-14-13(12)16-8-10-17-11-9-16/h4-5,14H,1-3,6-11H2. The summed E-state index contributed by atoms with van der Waals surface area (Å²) in [5.41, 5.74) is 1.38. The molecular formula is C13H21N3O. The van der Waals surface area contributed by atoms with E-state index in [9.17, 15) is 0 Å². The first-order valence-electron chi connectivity index (χ1n) is 6.70. The number of H-pyrrole nitrogens is 1. The van der Waals surface area contributed by atoms with Crippen LogP contribution in [0.1, 0.15) is 19.3 Å². The van der Waals surface area contributed by atoms with E-state index in [4.69, 9.17) is 4.74 Å². The summed E-state index contributed by atoms with van der Waals surface area (Å²) in [5, 5.41) is 0. The molecule has 0 amide bonds. The van der Waals surface area contributed by atoms with E-state index in [1.54, 1.807) is 0 Å². The lowest BCUT2D eigenvalue weighted by molar-refractivity contribution is 0.122. The van der Waals surface area contributed by atoms with E-state index in [0.717, 1.165) is 26.3 Å². The molecule has 0 bridgehead atoms. The van der Waals surface area contributed by atoms with Gasteiger partial charge in [-0.15, -0.1) is 0 Å². The van der Waals surface area contributed by atoms with E-state index in [1.807, 2.05) is 0 Å². The Labute approximate surface area is 103 Å². The molecule has 2 aliphatic rings. The minimum absolute atomic E-state index is 0.846. The third kappa shape index (κ3) is 2.27. The fraction of sp³-hybridized carbons (Fsp3) is 0.692. The highest BCUT2D eigenvalue weighted by Gasteiger charge is 2.20. The summed E-state index contributed by atoms with van der Waals surface area (Å²) in [7, 11) is 0. The zero-order chi connectivity index (χ0) is 11.5. The number of anilines is 2. The van der Waals surface area contributed by atoms with Crippen LogP contribution >= 0.6 is 0 Å². The van der Waals surface area contributed by atoms with Gasteiger partial charge < -0.3 is 19.5 Å². The van der Waals surface area contributed by atoms with Crippen LogP contribution in [-0.2, 0) is 4.74 Å². The van der Waals surface area contributed by atoms with Crippen molar-refractivity contribution in [2.45, 2.75) is 19.3 Å². The van der Waals surface area contributed by atoms with Crippen LogP contribution in [0.4, 0.5) is 11.5 Å². The van der Waals surface area contributed by atoms with E-state index in [2.05, 4.69) is 27.0 Å². The van der Waals surface area contributed by atoms with Crippen LogP contribution < -0.4 is 9.80 Å². The summed E-state index contributed by atoms with van der Waals surface area (Å²) in [6.45, 7) is 6.10. The molecule has 3 rings (SSSR count). The summed E-state index contributed by atoms with van der Waals surface area (Å²) in [6, 6.07) is 2.22. The first-order chi connectivity index (χ1) is 8.45. The van der Waals surface area contributed by atoms with E-state index < -0.39 is 0 Å². The van der Waals surface area contributed by atoms with Crippen LogP contribution in [0, 0.1) is 0 Å². The smallest absolute Gasteiger partial charge is 0.130 e. The highest BCUT2D eigenvalue weighted by atomic mass is 16.5. The van der Waals surface area contributed by atoms with Crippen LogP contribution in [0.5, 0.6) is 0 Å². The Hall–Kier alpha value is -1.16. The molecule has 4 nitrogen and oxygen atoms in total. The molecule has 0 spiro atoms. The van der Waals surface area contributed by atoms with Crippen LogP contribution in [0.3, 0.4) is 0 Å². The van der Waals surface area contributed by atoms with Crippen molar-refractivity contribution in [2.75, 3.05) is 49.2 Å². The highest BCUT2D eigenvalue weighted by Crippen LogP contribution is 2.30. The molecule has 1 aromatic heterocycles. The molecular weight excluding hydrogens is 214 g/mol.